The topological polar surface area (TPSA) is 105 Å². The summed E-state index contributed by atoms with van der Waals surface area (Å²) >= 11 is 0. The van der Waals surface area contributed by atoms with Gasteiger partial charge in [0, 0.05) is 0 Å². The minimum Gasteiger partial charge on any atom is -0.455 e. The molecule has 8 heteroatoms. The standard InChI is InChI=1S/C17H25N3O5/c1-11-6-8-17(9-7-11)15(23)20(16(24)18-17)19-13(21)10-25-14(22)12-4-2-3-5-12/h11-12H,2-10H2,1H3,(H,18,24)(H,19,21). The second-order valence-electron chi connectivity index (χ2n) is 7.46. The molecular weight excluding hydrogens is 326 g/mol. The van der Waals surface area contributed by atoms with Crippen molar-refractivity contribution in [3.63, 3.8) is 0 Å². The molecule has 138 valence electrons. The Balaban J connectivity index is 1.51. The summed E-state index contributed by atoms with van der Waals surface area (Å²) in [5.74, 6) is -1.12. The Kier molecular flexibility index (Phi) is 4.96. The highest BCUT2D eigenvalue weighted by atomic mass is 16.5. The average Bonchev–Trinajstić information content (AvgIpc) is 3.20. The van der Waals surface area contributed by atoms with E-state index in [1.807, 2.05) is 0 Å². The van der Waals surface area contributed by atoms with Gasteiger partial charge in [0.2, 0.25) is 0 Å². The predicted octanol–water partition coefficient (Wildman–Crippen LogP) is 1.25. The van der Waals surface area contributed by atoms with Gasteiger partial charge in [0.15, 0.2) is 6.61 Å². The van der Waals surface area contributed by atoms with Gasteiger partial charge in [0.05, 0.1) is 5.92 Å². The third kappa shape index (κ3) is 3.62. The predicted molar refractivity (Wildman–Crippen MR) is 86.8 cm³/mol. The van der Waals surface area contributed by atoms with E-state index in [0.29, 0.717) is 18.8 Å². The van der Waals surface area contributed by atoms with Gasteiger partial charge < -0.3 is 10.1 Å². The molecule has 0 atom stereocenters. The highest BCUT2D eigenvalue weighted by Gasteiger charge is 2.52. The monoisotopic (exact) mass is 351 g/mol. The van der Waals surface area contributed by atoms with Gasteiger partial charge in [-0.15, -0.1) is 0 Å². The quantitative estimate of drug-likeness (QED) is 0.586. The van der Waals surface area contributed by atoms with Gasteiger partial charge in [0.1, 0.15) is 5.54 Å². The van der Waals surface area contributed by atoms with Crippen molar-refractivity contribution in [2.45, 2.75) is 63.8 Å². The lowest BCUT2D eigenvalue weighted by Gasteiger charge is -2.33. The Hall–Kier alpha value is -2.12. The second-order valence-corrected chi connectivity index (χ2v) is 7.46. The minimum atomic E-state index is -0.905. The summed E-state index contributed by atoms with van der Waals surface area (Å²) < 4.78 is 5.00. The highest BCUT2D eigenvalue weighted by molar-refractivity contribution is 6.08. The number of carbonyl (C=O) groups is 4. The number of nitrogens with zero attached hydrogens (tertiary/aromatic N) is 1. The molecule has 0 unspecified atom stereocenters. The highest BCUT2D eigenvalue weighted by Crippen LogP contribution is 2.35. The Bertz CT molecular complexity index is 577. The molecule has 0 bridgehead atoms. The molecule has 1 heterocycles. The van der Waals surface area contributed by atoms with Crippen molar-refractivity contribution in [1.29, 1.82) is 0 Å². The fraction of sp³-hybridized carbons (Fsp3) is 0.765. The molecule has 3 aliphatic rings. The van der Waals surface area contributed by atoms with Gasteiger partial charge in [-0.3, -0.25) is 19.8 Å². The van der Waals surface area contributed by atoms with Gasteiger partial charge in [-0.2, -0.15) is 5.01 Å². The summed E-state index contributed by atoms with van der Waals surface area (Å²) in [6.07, 6.45) is 6.41. The second kappa shape index (κ2) is 7.01. The van der Waals surface area contributed by atoms with Crippen LogP contribution in [0.1, 0.15) is 58.3 Å². The zero-order chi connectivity index (χ0) is 18.0. The van der Waals surface area contributed by atoms with Crippen LogP contribution in [0.5, 0.6) is 0 Å². The van der Waals surface area contributed by atoms with Crippen molar-refractivity contribution in [2.75, 3.05) is 6.61 Å². The van der Waals surface area contributed by atoms with Crippen LogP contribution in [0.3, 0.4) is 0 Å². The lowest BCUT2D eigenvalue weighted by atomic mass is 9.77. The summed E-state index contributed by atoms with van der Waals surface area (Å²) in [6, 6.07) is -0.630. The number of amides is 4. The Morgan fingerprint density at radius 3 is 2.48 bits per heavy atom. The van der Waals surface area contributed by atoms with E-state index in [2.05, 4.69) is 17.7 Å². The zero-order valence-electron chi connectivity index (χ0n) is 14.5. The van der Waals surface area contributed by atoms with Crippen LogP contribution in [0.4, 0.5) is 4.79 Å². The maximum absolute atomic E-state index is 12.6. The fourth-order valence-electron chi connectivity index (χ4n) is 3.89. The van der Waals surface area contributed by atoms with Crippen LogP contribution in [0.2, 0.25) is 0 Å². The molecule has 3 rings (SSSR count). The third-order valence-corrected chi connectivity index (χ3v) is 5.56. The molecule has 3 fully saturated rings. The van der Waals surface area contributed by atoms with E-state index in [-0.39, 0.29) is 11.9 Å². The number of hydrogen-bond donors (Lipinski definition) is 2. The zero-order valence-corrected chi connectivity index (χ0v) is 14.5. The molecule has 0 aromatic carbocycles. The van der Waals surface area contributed by atoms with Gasteiger partial charge in [-0.1, -0.05) is 19.8 Å². The molecule has 0 aromatic rings. The van der Waals surface area contributed by atoms with Gasteiger partial charge >= 0.3 is 12.0 Å². The van der Waals surface area contributed by atoms with Crippen molar-refractivity contribution >= 4 is 23.8 Å². The van der Waals surface area contributed by atoms with Crippen LogP contribution in [-0.2, 0) is 19.1 Å². The third-order valence-electron chi connectivity index (χ3n) is 5.56. The number of urea groups is 1. The van der Waals surface area contributed by atoms with Crippen LogP contribution in [0.25, 0.3) is 0 Å². The molecule has 2 aliphatic carbocycles. The van der Waals surface area contributed by atoms with Crippen molar-refractivity contribution in [3.05, 3.63) is 0 Å². The number of carbonyl (C=O) groups excluding carboxylic acids is 4. The van der Waals surface area contributed by atoms with Crippen LogP contribution < -0.4 is 10.7 Å². The van der Waals surface area contributed by atoms with Crippen molar-refractivity contribution in [1.82, 2.24) is 15.8 Å². The Labute approximate surface area is 146 Å². The Morgan fingerprint density at radius 1 is 1.20 bits per heavy atom. The van der Waals surface area contributed by atoms with Crippen LogP contribution in [0, 0.1) is 11.8 Å². The molecule has 25 heavy (non-hydrogen) atoms. The molecule has 8 nitrogen and oxygen atoms in total. The summed E-state index contributed by atoms with van der Waals surface area (Å²) in [5, 5.41) is 3.44. The normalized spacial score (nSPS) is 29.8. The smallest absolute Gasteiger partial charge is 0.344 e. The molecule has 1 aliphatic heterocycles. The molecule has 0 aromatic heterocycles. The van der Waals surface area contributed by atoms with Gasteiger partial charge in [0.25, 0.3) is 11.8 Å². The summed E-state index contributed by atoms with van der Waals surface area (Å²) in [7, 11) is 0. The van der Waals surface area contributed by atoms with E-state index < -0.39 is 30.0 Å². The molecule has 4 amide bonds. The van der Waals surface area contributed by atoms with E-state index in [0.717, 1.165) is 43.5 Å². The van der Waals surface area contributed by atoms with E-state index in [9.17, 15) is 19.2 Å². The van der Waals surface area contributed by atoms with Crippen LogP contribution in [-0.4, -0.2) is 41.0 Å². The number of hydrogen-bond acceptors (Lipinski definition) is 5. The number of imide groups is 1. The number of nitrogens with one attached hydrogen (secondary N) is 2. The SMILES string of the molecule is CC1CCC2(CC1)NC(=O)N(NC(=O)COC(=O)C1CCCC1)C2=O. The molecule has 1 saturated heterocycles. The van der Waals surface area contributed by atoms with E-state index >= 15 is 0 Å². The molecule has 1 spiro atoms. The summed E-state index contributed by atoms with van der Waals surface area (Å²) in [4.78, 5) is 48.5. The van der Waals surface area contributed by atoms with Crippen molar-refractivity contribution in [3.8, 4) is 0 Å². The first-order chi connectivity index (χ1) is 11.9. The van der Waals surface area contributed by atoms with Crippen molar-refractivity contribution < 1.29 is 23.9 Å². The fourth-order valence-corrected chi connectivity index (χ4v) is 3.89. The number of hydrazine groups is 1. The van der Waals surface area contributed by atoms with Crippen LogP contribution >= 0.6 is 0 Å². The average molecular weight is 351 g/mol. The largest absolute Gasteiger partial charge is 0.455 e. The van der Waals surface area contributed by atoms with Crippen LogP contribution in [0.15, 0.2) is 0 Å². The first-order valence-electron chi connectivity index (χ1n) is 9.04. The number of esters is 1. The minimum absolute atomic E-state index is 0.142. The van der Waals surface area contributed by atoms with Crippen molar-refractivity contribution in [2.24, 2.45) is 11.8 Å². The van der Waals surface area contributed by atoms with E-state index in [4.69, 9.17) is 4.74 Å². The maximum atomic E-state index is 12.6. The van der Waals surface area contributed by atoms with E-state index in [1.165, 1.54) is 0 Å². The molecular formula is C17H25N3O5. The molecule has 2 saturated carbocycles. The lowest BCUT2D eigenvalue weighted by Crippen LogP contribution is -2.52. The van der Waals surface area contributed by atoms with E-state index in [1.54, 1.807) is 0 Å². The molecule has 0 radical (unpaired) electrons. The van der Waals surface area contributed by atoms with Gasteiger partial charge in [-0.05, 0) is 44.4 Å². The summed E-state index contributed by atoms with van der Waals surface area (Å²) in [6.45, 7) is 1.63. The Morgan fingerprint density at radius 2 is 1.84 bits per heavy atom. The summed E-state index contributed by atoms with van der Waals surface area (Å²) in [5.41, 5.74) is 1.36. The number of ether oxygens (including phenoxy) is 1. The number of rotatable bonds is 4. The maximum Gasteiger partial charge on any atom is 0.344 e. The lowest BCUT2D eigenvalue weighted by molar-refractivity contribution is -0.154. The molecule has 2 N–H and O–H groups in total. The first kappa shape index (κ1) is 17.7. The first-order valence-corrected chi connectivity index (χ1v) is 9.04. The van der Waals surface area contributed by atoms with Gasteiger partial charge in [-0.25, -0.2) is 4.79 Å².